The quantitative estimate of drug-likeness (QED) is 0.447. The molecule has 0 unspecified atom stereocenters. The summed E-state index contributed by atoms with van der Waals surface area (Å²) >= 11 is 1.65. The third-order valence-electron chi connectivity index (χ3n) is 6.76. The van der Waals surface area contributed by atoms with E-state index in [1.165, 1.54) is 4.88 Å². The molecule has 0 bridgehead atoms. The van der Waals surface area contributed by atoms with Crippen LogP contribution in [0.2, 0.25) is 0 Å². The Balaban J connectivity index is 1.29. The second-order valence-corrected chi connectivity index (χ2v) is 10.0. The summed E-state index contributed by atoms with van der Waals surface area (Å²) in [5.74, 6) is -0.155. The van der Waals surface area contributed by atoms with Gasteiger partial charge in [0, 0.05) is 65.2 Å². The number of hydrogen-bond donors (Lipinski definition) is 2. The number of benzene rings is 1. The average Bonchev–Trinajstić information content (AvgIpc) is 3.25. The molecule has 34 heavy (non-hydrogen) atoms. The van der Waals surface area contributed by atoms with Crippen molar-refractivity contribution in [2.24, 2.45) is 0 Å². The van der Waals surface area contributed by atoms with Crippen molar-refractivity contribution in [3.63, 3.8) is 0 Å². The SMILES string of the molecule is Cc1ncsc1CCn1nc(C(=O)NC2CC2)c2c1CCN(C(=O)c1c[nH]c3ccccc13)C2. The van der Waals surface area contributed by atoms with E-state index in [4.69, 9.17) is 5.10 Å². The number of hydrogen-bond acceptors (Lipinski definition) is 5. The van der Waals surface area contributed by atoms with Crippen LogP contribution in [0.15, 0.2) is 36.0 Å². The number of aryl methyl sites for hydroxylation is 3. The van der Waals surface area contributed by atoms with Gasteiger partial charge in [-0.25, -0.2) is 4.98 Å². The van der Waals surface area contributed by atoms with Gasteiger partial charge in [0.2, 0.25) is 0 Å². The molecule has 1 fully saturated rings. The molecule has 9 heteroatoms. The zero-order valence-corrected chi connectivity index (χ0v) is 19.8. The van der Waals surface area contributed by atoms with Crippen LogP contribution in [0.25, 0.3) is 10.9 Å². The Morgan fingerprint density at radius 1 is 1.26 bits per heavy atom. The molecule has 6 rings (SSSR count). The number of carbonyl (C=O) groups excluding carboxylic acids is 2. The summed E-state index contributed by atoms with van der Waals surface area (Å²) in [5.41, 5.74) is 6.92. The number of carbonyl (C=O) groups is 2. The van der Waals surface area contributed by atoms with Gasteiger partial charge in [-0.15, -0.1) is 11.3 Å². The lowest BCUT2D eigenvalue weighted by atomic mass is 10.0. The Labute approximate surface area is 201 Å². The molecule has 2 N–H and O–H groups in total. The van der Waals surface area contributed by atoms with Crippen LogP contribution < -0.4 is 5.32 Å². The molecule has 0 radical (unpaired) electrons. The number of H-pyrrole nitrogens is 1. The third kappa shape index (κ3) is 3.79. The van der Waals surface area contributed by atoms with Crippen molar-refractivity contribution < 1.29 is 9.59 Å². The maximum atomic E-state index is 13.5. The van der Waals surface area contributed by atoms with Crippen molar-refractivity contribution in [3.8, 4) is 0 Å². The zero-order valence-electron chi connectivity index (χ0n) is 19.0. The average molecular weight is 475 g/mol. The number of nitrogens with one attached hydrogen (secondary N) is 2. The number of aromatic nitrogens is 4. The summed E-state index contributed by atoms with van der Waals surface area (Å²) < 4.78 is 1.98. The van der Waals surface area contributed by atoms with E-state index in [0.717, 1.165) is 47.1 Å². The molecule has 4 aromatic rings. The van der Waals surface area contributed by atoms with Crippen LogP contribution in [0.3, 0.4) is 0 Å². The lowest BCUT2D eigenvalue weighted by Crippen LogP contribution is -2.37. The molecule has 8 nitrogen and oxygen atoms in total. The molecule has 1 aliphatic carbocycles. The Morgan fingerprint density at radius 2 is 2.12 bits per heavy atom. The van der Waals surface area contributed by atoms with Crippen LogP contribution in [-0.2, 0) is 25.9 Å². The van der Waals surface area contributed by atoms with Crippen LogP contribution in [0, 0.1) is 6.92 Å². The first-order valence-corrected chi connectivity index (χ1v) is 12.6. The minimum atomic E-state index is -0.132. The highest BCUT2D eigenvalue weighted by atomic mass is 32.1. The van der Waals surface area contributed by atoms with E-state index >= 15 is 0 Å². The van der Waals surface area contributed by atoms with Gasteiger partial charge >= 0.3 is 0 Å². The molecule has 2 aliphatic rings. The first-order chi connectivity index (χ1) is 16.6. The smallest absolute Gasteiger partial charge is 0.272 e. The van der Waals surface area contributed by atoms with Crippen molar-refractivity contribution in [2.45, 2.75) is 51.7 Å². The summed E-state index contributed by atoms with van der Waals surface area (Å²) in [6.07, 6.45) is 5.32. The maximum Gasteiger partial charge on any atom is 0.272 e. The number of thiazole rings is 1. The molecule has 0 spiro atoms. The highest BCUT2D eigenvalue weighted by Crippen LogP contribution is 2.28. The largest absolute Gasteiger partial charge is 0.360 e. The van der Waals surface area contributed by atoms with E-state index in [1.54, 1.807) is 17.5 Å². The molecule has 2 amide bonds. The van der Waals surface area contributed by atoms with E-state index in [9.17, 15) is 9.59 Å². The van der Waals surface area contributed by atoms with Gasteiger partial charge in [-0.3, -0.25) is 14.3 Å². The van der Waals surface area contributed by atoms with Crippen molar-refractivity contribution >= 4 is 34.1 Å². The molecule has 1 aliphatic heterocycles. The van der Waals surface area contributed by atoms with Gasteiger partial charge in [-0.2, -0.15) is 5.10 Å². The number of nitrogens with zero attached hydrogens (tertiary/aromatic N) is 4. The van der Waals surface area contributed by atoms with Crippen molar-refractivity contribution in [3.05, 3.63) is 69.1 Å². The van der Waals surface area contributed by atoms with E-state index in [1.807, 2.05) is 46.3 Å². The lowest BCUT2D eigenvalue weighted by molar-refractivity contribution is 0.0732. The maximum absolute atomic E-state index is 13.5. The van der Waals surface area contributed by atoms with Crippen molar-refractivity contribution in [1.29, 1.82) is 0 Å². The van der Waals surface area contributed by atoms with Gasteiger partial charge in [-0.1, -0.05) is 18.2 Å². The summed E-state index contributed by atoms with van der Waals surface area (Å²) in [7, 11) is 0. The van der Waals surface area contributed by atoms with Crippen LogP contribution in [0.5, 0.6) is 0 Å². The van der Waals surface area contributed by atoms with Crippen LogP contribution in [0.4, 0.5) is 0 Å². The number of rotatable bonds is 6. The van der Waals surface area contributed by atoms with Crippen molar-refractivity contribution in [1.82, 2.24) is 30.0 Å². The fourth-order valence-electron chi connectivity index (χ4n) is 4.71. The molecule has 174 valence electrons. The molecular weight excluding hydrogens is 448 g/mol. The lowest BCUT2D eigenvalue weighted by Gasteiger charge is -2.28. The zero-order chi connectivity index (χ0) is 23.2. The Bertz CT molecular complexity index is 1400. The third-order valence-corrected chi connectivity index (χ3v) is 7.76. The summed E-state index contributed by atoms with van der Waals surface area (Å²) in [5, 5.41) is 8.75. The fourth-order valence-corrected chi connectivity index (χ4v) is 5.48. The normalized spacial score (nSPS) is 15.5. The number of fused-ring (bicyclic) bond motifs is 2. The van der Waals surface area contributed by atoms with E-state index in [-0.39, 0.29) is 17.9 Å². The summed E-state index contributed by atoms with van der Waals surface area (Å²) in [4.78, 5) is 37.1. The van der Waals surface area contributed by atoms with Crippen molar-refractivity contribution in [2.75, 3.05) is 6.54 Å². The van der Waals surface area contributed by atoms with Gasteiger partial charge < -0.3 is 15.2 Å². The van der Waals surface area contributed by atoms with Crippen LogP contribution in [-0.4, -0.2) is 49.0 Å². The molecule has 1 saturated carbocycles. The molecular formula is C25H26N6O2S. The Morgan fingerprint density at radius 3 is 2.91 bits per heavy atom. The number of aromatic amines is 1. The summed E-state index contributed by atoms with van der Waals surface area (Å²) in [6.45, 7) is 3.70. The second kappa shape index (κ2) is 8.39. The summed E-state index contributed by atoms with van der Waals surface area (Å²) in [6, 6.07) is 8.07. The van der Waals surface area contributed by atoms with Crippen LogP contribution >= 0.6 is 11.3 Å². The second-order valence-electron chi connectivity index (χ2n) is 9.08. The Kier molecular flexibility index (Phi) is 5.21. The highest BCUT2D eigenvalue weighted by molar-refractivity contribution is 7.09. The minimum Gasteiger partial charge on any atom is -0.360 e. The Hall–Kier alpha value is -3.46. The first-order valence-electron chi connectivity index (χ1n) is 11.7. The van der Waals surface area contributed by atoms with Gasteiger partial charge in [0.05, 0.1) is 23.3 Å². The topological polar surface area (TPSA) is 95.9 Å². The predicted molar refractivity (Wildman–Crippen MR) is 130 cm³/mol. The molecule has 3 aromatic heterocycles. The van der Waals surface area contributed by atoms with Gasteiger partial charge in [0.1, 0.15) is 0 Å². The highest BCUT2D eigenvalue weighted by Gasteiger charge is 2.33. The number of para-hydroxylation sites is 1. The number of amides is 2. The van der Waals surface area contributed by atoms with Crippen LogP contribution in [0.1, 0.15) is 55.5 Å². The molecule has 1 aromatic carbocycles. The molecule has 4 heterocycles. The van der Waals surface area contributed by atoms with Gasteiger partial charge in [0.25, 0.3) is 11.8 Å². The molecule has 0 saturated heterocycles. The first kappa shape index (κ1) is 21.1. The molecule has 0 atom stereocenters. The predicted octanol–water partition coefficient (Wildman–Crippen LogP) is 3.46. The standard InChI is InChI=1S/C25H26N6O2S/c1-15-22(34-14-27-15)9-11-31-21-8-10-30(13-19(21)23(29-31)24(32)28-16-6-7-16)25(33)18-12-26-20-5-3-2-4-17(18)20/h2-5,12,14,16,26H,6-11,13H2,1H3,(H,28,32). The van der Waals surface area contributed by atoms with E-state index in [2.05, 4.69) is 15.3 Å². The minimum absolute atomic E-state index is 0.0234. The van der Waals surface area contributed by atoms with Gasteiger partial charge in [0.15, 0.2) is 5.69 Å². The fraction of sp³-hybridized carbons (Fsp3) is 0.360. The van der Waals surface area contributed by atoms with E-state index < -0.39 is 0 Å². The monoisotopic (exact) mass is 474 g/mol. The van der Waals surface area contributed by atoms with Gasteiger partial charge in [-0.05, 0) is 25.8 Å². The van der Waals surface area contributed by atoms with E-state index in [0.29, 0.717) is 37.3 Å².